The molecule has 1 aromatic heterocycles. The Morgan fingerprint density at radius 1 is 0.818 bits per heavy atom. The molecule has 0 N–H and O–H groups in total. The van der Waals surface area contributed by atoms with Crippen LogP contribution in [-0.4, -0.2) is 59.1 Å². The molecule has 0 radical (unpaired) electrons. The molecular formula is C26H51NO4SiSn. The molecule has 192 valence electrons. The first-order chi connectivity index (χ1) is 15.7. The first-order valence-corrected chi connectivity index (χ1v) is 24.2. The molecule has 0 bridgehead atoms. The summed E-state index contributed by atoms with van der Waals surface area (Å²) in [6, 6.07) is 1.13. The minimum atomic E-state index is -2.79. The summed E-state index contributed by atoms with van der Waals surface area (Å²) >= 11 is -2.79. The predicted molar refractivity (Wildman–Crippen MR) is 146 cm³/mol. The van der Waals surface area contributed by atoms with Gasteiger partial charge in [-0.25, -0.2) is 0 Å². The van der Waals surface area contributed by atoms with Crippen molar-refractivity contribution in [3.63, 3.8) is 0 Å². The van der Waals surface area contributed by atoms with Crippen LogP contribution in [0.4, 0.5) is 0 Å². The third-order valence-electron chi connectivity index (χ3n) is 6.52. The third-order valence-corrected chi connectivity index (χ3v) is 23.7. The van der Waals surface area contributed by atoms with Gasteiger partial charge in [-0.2, -0.15) is 0 Å². The fourth-order valence-corrected chi connectivity index (χ4v) is 21.7. The molecule has 0 amide bonds. The summed E-state index contributed by atoms with van der Waals surface area (Å²) in [5.74, 6) is 1.91. The number of aromatic nitrogens is 1. The van der Waals surface area contributed by atoms with E-state index in [4.69, 9.17) is 23.9 Å². The van der Waals surface area contributed by atoms with Gasteiger partial charge in [-0.1, -0.05) is 0 Å². The van der Waals surface area contributed by atoms with Crippen molar-refractivity contribution in [3.8, 4) is 17.4 Å². The molecule has 0 aliphatic heterocycles. The zero-order valence-corrected chi connectivity index (χ0v) is 26.9. The van der Waals surface area contributed by atoms with Crippen LogP contribution in [0.5, 0.6) is 17.4 Å². The molecule has 0 saturated heterocycles. The number of nitrogens with zero attached hydrogens (tertiary/aromatic N) is 1. The Morgan fingerprint density at radius 2 is 1.36 bits per heavy atom. The van der Waals surface area contributed by atoms with E-state index in [9.17, 15) is 0 Å². The Morgan fingerprint density at radius 3 is 1.79 bits per heavy atom. The monoisotopic (exact) mass is 589 g/mol. The Hall–Kier alpha value is -0.474. The summed E-state index contributed by atoms with van der Waals surface area (Å²) in [7, 11) is 2.22. The molecule has 1 rings (SSSR count). The van der Waals surface area contributed by atoms with Crippen molar-refractivity contribution in [1.82, 2.24) is 4.98 Å². The Labute approximate surface area is 209 Å². The van der Waals surface area contributed by atoms with Gasteiger partial charge in [0.2, 0.25) is 0 Å². The van der Waals surface area contributed by atoms with E-state index in [0.717, 1.165) is 24.0 Å². The van der Waals surface area contributed by atoms with Gasteiger partial charge in [-0.3, -0.25) is 0 Å². The molecule has 0 atom stereocenters. The summed E-state index contributed by atoms with van der Waals surface area (Å²) in [4.78, 5) is 5.16. The van der Waals surface area contributed by atoms with Gasteiger partial charge in [0, 0.05) is 0 Å². The van der Waals surface area contributed by atoms with Crippen molar-refractivity contribution in [3.05, 3.63) is 5.56 Å². The summed E-state index contributed by atoms with van der Waals surface area (Å²) in [5.41, 5.74) is 1.15. The van der Waals surface area contributed by atoms with Gasteiger partial charge in [0.05, 0.1) is 0 Å². The van der Waals surface area contributed by atoms with Gasteiger partial charge in [-0.05, 0) is 0 Å². The summed E-state index contributed by atoms with van der Waals surface area (Å²) in [6.45, 7) is 17.1. The van der Waals surface area contributed by atoms with Gasteiger partial charge < -0.3 is 0 Å². The zero-order valence-electron chi connectivity index (χ0n) is 23.1. The fraction of sp³-hybridized carbons (Fsp3) is 0.808. The molecule has 0 aliphatic carbocycles. The minimum absolute atomic E-state index is 0.232. The Kier molecular flexibility index (Phi) is 14.4. The molecule has 0 spiro atoms. The van der Waals surface area contributed by atoms with E-state index in [1.54, 1.807) is 14.2 Å². The number of pyridine rings is 1. The number of hydrogen-bond donors (Lipinski definition) is 0. The second kappa shape index (κ2) is 15.5. The number of unbranched alkanes of at least 4 members (excludes halogenated alkanes) is 3. The molecule has 0 aromatic carbocycles. The predicted octanol–water partition coefficient (Wildman–Crippen LogP) is 7.15. The van der Waals surface area contributed by atoms with Crippen molar-refractivity contribution in [2.75, 3.05) is 27.6 Å². The average Bonchev–Trinajstić information content (AvgIpc) is 2.78. The molecule has 0 fully saturated rings. The van der Waals surface area contributed by atoms with E-state index in [2.05, 4.69) is 47.3 Å². The normalized spacial score (nSPS) is 12.2. The molecule has 5 nitrogen and oxygen atoms in total. The molecular weight excluding hydrogens is 537 g/mol. The first kappa shape index (κ1) is 30.6. The van der Waals surface area contributed by atoms with Gasteiger partial charge in [0.1, 0.15) is 0 Å². The Bertz CT molecular complexity index is 672. The summed E-state index contributed by atoms with van der Waals surface area (Å²) < 4.78 is 29.0. The Balaban J connectivity index is 3.41. The SMILES string of the molecule is CCC[CH2][Sn]([CH2]CCC)([CH2]CCC)[c]1nc(OC)c(OC)c(OCOCC[Si](C)(C)C)c1C. The molecule has 0 saturated carbocycles. The number of ether oxygens (including phenoxy) is 4. The van der Waals surface area contributed by atoms with Crippen LogP contribution in [0.1, 0.15) is 64.9 Å². The van der Waals surface area contributed by atoms with Crippen LogP contribution in [0.3, 0.4) is 0 Å². The van der Waals surface area contributed by atoms with E-state index in [0.29, 0.717) is 11.6 Å². The van der Waals surface area contributed by atoms with Crippen molar-refractivity contribution < 1.29 is 18.9 Å². The molecule has 1 aromatic rings. The molecule has 0 aliphatic rings. The second-order valence-electron chi connectivity index (χ2n) is 10.5. The van der Waals surface area contributed by atoms with Crippen molar-refractivity contribution in [2.45, 2.75) is 105 Å². The van der Waals surface area contributed by atoms with E-state index in [1.165, 1.54) is 55.5 Å². The molecule has 7 heteroatoms. The third kappa shape index (κ3) is 9.59. The van der Waals surface area contributed by atoms with Crippen LogP contribution >= 0.6 is 0 Å². The number of rotatable bonds is 18. The van der Waals surface area contributed by atoms with Crippen LogP contribution < -0.4 is 17.9 Å². The standard InChI is InChI=1S/C14H24NO4Si.3C4H9.Sn/c1-11-9-15-14(17-3)13(16-2)12(11)19-10-18-7-8-20(4,5)6;3*1-3-4-2;/h7-8,10H2,1-6H3;3*1,3-4H2,2H3;. The van der Waals surface area contributed by atoms with Crippen molar-refractivity contribution in [2.24, 2.45) is 0 Å². The van der Waals surface area contributed by atoms with E-state index in [-0.39, 0.29) is 6.79 Å². The van der Waals surface area contributed by atoms with E-state index in [1.807, 2.05) is 0 Å². The van der Waals surface area contributed by atoms with Gasteiger partial charge in [-0.15, -0.1) is 0 Å². The van der Waals surface area contributed by atoms with Gasteiger partial charge in [0.15, 0.2) is 0 Å². The molecule has 33 heavy (non-hydrogen) atoms. The van der Waals surface area contributed by atoms with E-state index < -0.39 is 26.5 Å². The van der Waals surface area contributed by atoms with Crippen LogP contribution in [0.15, 0.2) is 0 Å². The maximum absolute atomic E-state index is 6.25. The van der Waals surface area contributed by atoms with Crippen molar-refractivity contribution in [1.29, 1.82) is 0 Å². The summed E-state index contributed by atoms with van der Waals surface area (Å²) in [6.07, 6.45) is 7.56. The van der Waals surface area contributed by atoms with Gasteiger partial charge >= 0.3 is 210 Å². The quantitative estimate of drug-likeness (QED) is 0.104. The fourth-order valence-electron chi connectivity index (χ4n) is 4.43. The number of methoxy groups -OCH3 is 2. The topological polar surface area (TPSA) is 49.8 Å². The first-order valence-electron chi connectivity index (χ1n) is 13.0. The number of hydrogen-bond acceptors (Lipinski definition) is 5. The maximum atomic E-state index is 6.25. The zero-order chi connectivity index (χ0) is 24.9. The van der Waals surface area contributed by atoms with Crippen LogP contribution in [0.25, 0.3) is 0 Å². The molecule has 1 heterocycles. The average molecular weight is 588 g/mol. The van der Waals surface area contributed by atoms with Crippen molar-refractivity contribution >= 4 is 30.2 Å². The van der Waals surface area contributed by atoms with E-state index >= 15 is 0 Å². The van der Waals surface area contributed by atoms with Crippen LogP contribution in [0.2, 0.25) is 39.0 Å². The van der Waals surface area contributed by atoms with Crippen LogP contribution in [0, 0.1) is 6.92 Å². The molecule has 0 unspecified atom stereocenters. The van der Waals surface area contributed by atoms with Gasteiger partial charge in [0.25, 0.3) is 0 Å². The second-order valence-corrected chi connectivity index (χ2v) is 29.1. The van der Waals surface area contributed by atoms with Crippen LogP contribution in [-0.2, 0) is 4.74 Å². The summed E-state index contributed by atoms with van der Waals surface area (Å²) in [5, 5.41) is 0.